The molecule has 0 aromatic heterocycles. The van der Waals surface area contributed by atoms with Crippen molar-refractivity contribution in [2.75, 3.05) is 18.9 Å². The average Bonchev–Trinajstić information content (AvgIpc) is 2.73. The number of carbonyl (C=O) groups is 2. The van der Waals surface area contributed by atoms with Crippen LogP contribution in [0.5, 0.6) is 0 Å². The summed E-state index contributed by atoms with van der Waals surface area (Å²) < 4.78 is 0. The molecule has 0 aliphatic carbocycles. The number of carboxylic acid groups (broad SMARTS) is 1. The second-order valence-corrected chi connectivity index (χ2v) is 8.88. The molecule has 0 saturated heterocycles. The van der Waals surface area contributed by atoms with Gasteiger partial charge >= 0.3 is 5.97 Å². The van der Waals surface area contributed by atoms with Crippen LogP contribution < -0.4 is 11.1 Å². The van der Waals surface area contributed by atoms with Crippen LogP contribution in [0.25, 0.3) is 0 Å². The number of rotatable bonds is 20. The van der Waals surface area contributed by atoms with Crippen LogP contribution in [-0.2, 0) is 9.59 Å². The molecule has 1 amide bonds. The molecule has 30 heavy (non-hydrogen) atoms. The van der Waals surface area contributed by atoms with Crippen molar-refractivity contribution >= 4 is 23.6 Å². The average molecular weight is 447 g/mol. The molecular weight excluding hydrogens is 404 g/mol. The molecule has 0 fully saturated rings. The molecule has 0 heterocycles. The van der Waals surface area contributed by atoms with E-state index in [4.69, 9.17) is 10.8 Å². The van der Waals surface area contributed by atoms with E-state index in [0.717, 1.165) is 12.8 Å². The first-order chi connectivity index (χ1) is 14.4. The molecule has 0 bridgehead atoms. The Bertz CT molecular complexity index is 476. The Balaban J connectivity index is 4.01. The summed E-state index contributed by atoms with van der Waals surface area (Å²) in [5, 5.41) is 29.7. The lowest BCUT2D eigenvalue weighted by molar-refractivity contribution is -0.138. The Hall–Kier alpha value is -1.09. The lowest BCUT2D eigenvalue weighted by Crippen LogP contribution is -2.44. The van der Waals surface area contributed by atoms with Gasteiger partial charge in [-0.2, -0.15) is 0 Å². The van der Waals surface area contributed by atoms with Gasteiger partial charge in [-0.1, -0.05) is 76.9 Å². The van der Waals surface area contributed by atoms with Crippen LogP contribution in [0.4, 0.5) is 0 Å². The number of thioether (sulfide) groups is 1. The van der Waals surface area contributed by atoms with Gasteiger partial charge in [-0.3, -0.25) is 9.59 Å². The second-order valence-electron chi connectivity index (χ2n) is 7.66. The van der Waals surface area contributed by atoms with Crippen molar-refractivity contribution in [1.29, 1.82) is 0 Å². The van der Waals surface area contributed by atoms with Crippen LogP contribution in [0.1, 0.15) is 77.6 Å². The maximum Gasteiger partial charge on any atom is 0.322 e. The van der Waals surface area contributed by atoms with Gasteiger partial charge in [-0.25, -0.2) is 0 Å². The Morgan fingerprint density at radius 1 is 1.03 bits per heavy atom. The zero-order valence-corrected chi connectivity index (χ0v) is 19.2. The SMILES string of the molecule is CCCCCCCCCCCCC=CC(SCC(N)C(=O)NCC(=O)O)C(O)CO. The van der Waals surface area contributed by atoms with E-state index in [2.05, 4.69) is 12.2 Å². The highest BCUT2D eigenvalue weighted by Crippen LogP contribution is 2.18. The number of carboxylic acids is 1. The number of nitrogens with two attached hydrogens (primary N) is 1. The van der Waals surface area contributed by atoms with E-state index in [-0.39, 0.29) is 17.6 Å². The highest BCUT2D eigenvalue weighted by atomic mass is 32.2. The van der Waals surface area contributed by atoms with Crippen LogP contribution in [0.15, 0.2) is 12.2 Å². The van der Waals surface area contributed by atoms with E-state index in [9.17, 15) is 19.8 Å². The summed E-state index contributed by atoms with van der Waals surface area (Å²) in [5.41, 5.74) is 5.77. The molecule has 0 rings (SSSR count). The molecule has 3 unspecified atom stereocenters. The van der Waals surface area contributed by atoms with Crippen LogP contribution in [-0.4, -0.2) is 63.5 Å². The quantitative estimate of drug-likeness (QED) is 0.143. The van der Waals surface area contributed by atoms with Crippen molar-refractivity contribution in [1.82, 2.24) is 5.32 Å². The van der Waals surface area contributed by atoms with Crippen molar-refractivity contribution in [3.63, 3.8) is 0 Å². The zero-order chi connectivity index (χ0) is 22.6. The number of hydrogen-bond acceptors (Lipinski definition) is 6. The van der Waals surface area contributed by atoms with Gasteiger partial charge < -0.3 is 26.4 Å². The van der Waals surface area contributed by atoms with Gasteiger partial charge in [0.15, 0.2) is 0 Å². The van der Waals surface area contributed by atoms with E-state index in [1.54, 1.807) is 0 Å². The summed E-state index contributed by atoms with van der Waals surface area (Å²) in [6.07, 6.45) is 16.7. The number of aliphatic hydroxyl groups excluding tert-OH is 2. The number of aliphatic carboxylic acids is 1. The monoisotopic (exact) mass is 446 g/mol. The number of nitrogens with one attached hydrogen (secondary N) is 1. The number of unbranched alkanes of at least 4 members (excludes halogenated alkanes) is 10. The maximum atomic E-state index is 11.7. The Kier molecular flexibility index (Phi) is 19.1. The van der Waals surface area contributed by atoms with Crippen molar-refractivity contribution in [2.45, 2.75) is 94.9 Å². The first kappa shape index (κ1) is 28.9. The fourth-order valence-corrected chi connectivity index (χ4v) is 4.07. The normalized spacial score (nSPS) is 14.5. The molecule has 0 saturated carbocycles. The Morgan fingerprint density at radius 2 is 1.60 bits per heavy atom. The third kappa shape index (κ3) is 16.7. The second kappa shape index (κ2) is 19.8. The van der Waals surface area contributed by atoms with Crippen molar-refractivity contribution in [3.8, 4) is 0 Å². The number of carbonyl (C=O) groups excluding carboxylic acids is 1. The summed E-state index contributed by atoms with van der Waals surface area (Å²) in [4.78, 5) is 22.2. The summed E-state index contributed by atoms with van der Waals surface area (Å²) >= 11 is 1.28. The highest BCUT2D eigenvalue weighted by molar-refractivity contribution is 8.00. The van der Waals surface area contributed by atoms with Gasteiger partial charge in [0.25, 0.3) is 0 Å². The number of amides is 1. The summed E-state index contributed by atoms with van der Waals surface area (Å²) in [5.74, 6) is -1.46. The maximum absolute atomic E-state index is 11.7. The van der Waals surface area contributed by atoms with Gasteiger partial charge in [-0.15, -0.1) is 11.8 Å². The Labute approximate surface area is 185 Å². The van der Waals surface area contributed by atoms with E-state index in [0.29, 0.717) is 0 Å². The standard InChI is InChI=1S/C22H42N2O5S/c1-2-3-4-5-6-7-8-9-10-11-12-13-14-20(19(26)16-25)30-17-18(23)22(29)24-15-21(27)28/h13-14,18-20,25-26H,2-12,15-17,23H2,1H3,(H,24,29)(H,27,28). The molecule has 0 radical (unpaired) electrons. The van der Waals surface area contributed by atoms with Crippen molar-refractivity contribution < 1.29 is 24.9 Å². The molecule has 0 aliphatic rings. The van der Waals surface area contributed by atoms with Crippen LogP contribution in [0.2, 0.25) is 0 Å². The molecule has 8 heteroatoms. The van der Waals surface area contributed by atoms with Crippen molar-refractivity contribution in [3.05, 3.63) is 12.2 Å². The number of aliphatic hydroxyl groups is 2. The van der Waals surface area contributed by atoms with E-state index >= 15 is 0 Å². The predicted molar refractivity (Wildman–Crippen MR) is 124 cm³/mol. The molecule has 0 aromatic rings. The van der Waals surface area contributed by atoms with Gasteiger partial charge in [0, 0.05) is 5.75 Å². The van der Waals surface area contributed by atoms with Gasteiger partial charge in [0.1, 0.15) is 6.54 Å². The molecule has 6 N–H and O–H groups in total. The topological polar surface area (TPSA) is 133 Å². The van der Waals surface area contributed by atoms with Crippen LogP contribution >= 0.6 is 11.8 Å². The fraction of sp³-hybridized carbons (Fsp3) is 0.818. The molecule has 3 atom stereocenters. The Morgan fingerprint density at radius 3 is 2.13 bits per heavy atom. The van der Waals surface area contributed by atoms with Crippen LogP contribution in [0, 0.1) is 0 Å². The molecule has 0 spiro atoms. The highest BCUT2D eigenvalue weighted by Gasteiger charge is 2.20. The number of allylic oxidation sites excluding steroid dienone is 1. The van der Waals surface area contributed by atoms with Crippen LogP contribution in [0.3, 0.4) is 0 Å². The molecule has 0 aliphatic heterocycles. The number of hydrogen-bond donors (Lipinski definition) is 5. The smallest absolute Gasteiger partial charge is 0.322 e. The van der Waals surface area contributed by atoms with Gasteiger partial charge in [0.2, 0.25) is 5.91 Å². The summed E-state index contributed by atoms with van der Waals surface area (Å²) in [7, 11) is 0. The molecule has 0 aromatic carbocycles. The van der Waals surface area contributed by atoms with Crippen molar-refractivity contribution in [2.24, 2.45) is 5.73 Å². The zero-order valence-electron chi connectivity index (χ0n) is 18.4. The summed E-state index contributed by atoms with van der Waals surface area (Å²) in [6.45, 7) is 1.39. The minimum Gasteiger partial charge on any atom is -0.480 e. The summed E-state index contributed by atoms with van der Waals surface area (Å²) in [6, 6.07) is -0.877. The minimum atomic E-state index is -1.13. The van der Waals surface area contributed by atoms with Gasteiger partial charge in [-0.05, 0) is 12.8 Å². The predicted octanol–water partition coefficient (Wildman–Crippen LogP) is 2.84. The third-order valence-electron chi connectivity index (χ3n) is 4.84. The lowest BCUT2D eigenvalue weighted by atomic mass is 10.1. The first-order valence-corrected chi connectivity index (χ1v) is 12.3. The largest absolute Gasteiger partial charge is 0.480 e. The third-order valence-corrected chi connectivity index (χ3v) is 6.24. The molecule has 176 valence electrons. The fourth-order valence-electron chi connectivity index (χ4n) is 2.96. The molecular formula is C22H42N2O5S. The van der Waals surface area contributed by atoms with E-state index < -0.39 is 30.6 Å². The molecule has 7 nitrogen and oxygen atoms in total. The minimum absolute atomic E-state index is 0.218. The van der Waals surface area contributed by atoms with Gasteiger partial charge in [0.05, 0.1) is 24.0 Å². The first-order valence-electron chi connectivity index (χ1n) is 11.2. The van der Waals surface area contributed by atoms with E-state index in [1.165, 1.54) is 69.5 Å². The lowest BCUT2D eigenvalue weighted by Gasteiger charge is -2.19. The van der Waals surface area contributed by atoms with E-state index in [1.807, 2.05) is 12.2 Å².